The third kappa shape index (κ3) is 4.53. The van der Waals surface area contributed by atoms with Crippen molar-refractivity contribution in [1.29, 1.82) is 0 Å². The zero-order chi connectivity index (χ0) is 20.3. The first-order chi connectivity index (χ1) is 13.4. The summed E-state index contributed by atoms with van der Waals surface area (Å²) in [4.78, 5) is 12.7. The van der Waals surface area contributed by atoms with Gasteiger partial charge in [0.05, 0.1) is 18.7 Å². The molecule has 0 aliphatic carbocycles. The van der Waals surface area contributed by atoms with E-state index in [0.29, 0.717) is 12.5 Å². The Hall–Kier alpha value is -2.82. The topological polar surface area (TPSA) is 56.1 Å². The van der Waals surface area contributed by atoms with E-state index in [1.807, 2.05) is 48.9 Å². The van der Waals surface area contributed by atoms with E-state index in [2.05, 4.69) is 36.4 Å². The molecule has 1 unspecified atom stereocenters. The number of aromatic nitrogens is 2. The second kappa shape index (κ2) is 8.46. The number of nitrogens with one attached hydrogen (secondary N) is 1. The Morgan fingerprint density at radius 1 is 1.11 bits per heavy atom. The molecule has 2 aromatic carbocycles. The molecule has 1 heterocycles. The van der Waals surface area contributed by atoms with Crippen molar-refractivity contribution in [3.8, 4) is 5.75 Å². The summed E-state index contributed by atoms with van der Waals surface area (Å²) in [6, 6.07) is 14.2. The molecule has 148 valence electrons. The van der Waals surface area contributed by atoms with Crippen molar-refractivity contribution in [1.82, 2.24) is 15.1 Å². The van der Waals surface area contributed by atoms with E-state index in [1.165, 1.54) is 0 Å². The number of fused-ring (bicyclic) bond motifs is 1. The molecule has 0 saturated carbocycles. The number of benzene rings is 2. The lowest BCUT2D eigenvalue weighted by Gasteiger charge is -2.17. The monoisotopic (exact) mass is 379 g/mol. The van der Waals surface area contributed by atoms with Gasteiger partial charge >= 0.3 is 0 Å². The van der Waals surface area contributed by atoms with Gasteiger partial charge in [-0.25, -0.2) is 0 Å². The molecule has 0 aliphatic rings. The zero-order valence-corrected chi connectivity index (χ0v) is 17.3. The lowest BCUT2D eigenvalue weighted by atomic mass is 9.97. The van der Waals surface area contributed by atoms with E-state index in [1.54, 1.807) is 7.11 Å². The van der Waals surface area contributed by atoms with Crippen molar-refractivity contribution in [2.24, 2.45) is 5.92 Å². The van der Waals surface area contributed by atoms with Crippen LogP contribution >= 0.6 is 0 Å². The van der Waals surface area contributed by atoms with Crippen LogP contribution in [0, 0.1) is 19.8 Å². The van der Waals surface area contributed by atoms with Gasteiger partial charge in [-0.15, -0.1) is 0 Å². The van der Waals surface area contributed by atoms with Gasteiger partial charge in [0.2, 0.25) is 5.91 Å². The first-order valence-corrected chi connectivity index (χ1v) is 9.74. The van der Waals surface area contributed by atoms with Gasteiger partial charge in [0.15, 0.2) is 0 Å². The van der Waals surface area contributed by atoms with E-state index in [-0.39, 0.29) is 11.8 Å². The summed E-state index contributed by atoms with van der Waals surface area (Å²) in [5, 5.41) is 9.80. The van der Waals surface area contributed by atoms with Gasteiger partial charge in [-0.2, -0.15) is 5.10 Å². The number of methoxy groups -OCH3 is 1. The lowest BCUT2D eigenvalue weighted by Crippen LogP contribution is -2.33. The summed E-state index contributed by atoms with van der Waals surface area (Å²) < 4.78 is 7.28. The Balaban J connectivity index is 1.60. The molecule has 0 aliphatic heterocycles. The lowest BCUT2D eigenvalue weighted by molar-refractivity contribution is -0.122. The molecule has 0 bridgehead atoms. The van der Waals surface area contributed by atoms with Crippen LogP contribution in [0.1, 0.15) is 36.7 Å². The molecule has 28 heavy (non-hydrogen) atoms. The summed E-state index contributed by atoms with van der Waals surface area (Å²) in [5.41, 5.74) is 3.19. The van der Waals surface area contributed by atoms with E-state index >= 15 is 0 Å². The maximum absolute atomic E-state index is 12.7. The van der Waals surface area contributed by atoms with Crippen molar-refractivity contribution >= 4 is 16.7 Å². The number of aryl methyl sites for hydroxylation is 2. The van der Waals surface area contributed by atoms with Gasteiger partial charge in [0, 0.05) is 18.8 Å². The van der Waals surface area contributed by atoms with Gasteiger partial charge < -0.3 is 10.1 Å². The highest BCUT2D eigenvalue weighted by atomic mass is 16.5. The fourth-order valence-electron chi connectivity index (χ4n) is 3.44. The van der Waals surface area contributed by atoms with E-state index in [4.69, 9.17) is 4.74 Å². The Morgan fingerprint density at radius 3 is 2.50 bits per heavy atom. The average Bonchev–Trinajstić information content (AvgIpc) is 3.01. The third-order valence-electron chi connectivity index (χ3n) is 5.18. The maximum atomic E-state index is 12.7. The summed E-state index contributed by atoms with van der Waals surface area (Å²) in [5.74, 6) is 0.987. The normalized spacial score (nSPS) is 13.3. The van der Waals surface area contributed by atoms with Crippen LogP contribution in [-0.2, 0) is 11.3 Å². The molecule has 1 amide bonds. The Labute approximate surface area is 166 Å². The van der Waals surface area contributed by atoms with Crippen LogP contribution in [0.5, 0.6) is 5.75 Å². The highest BCUT2D eigenvalue weighted by Gasteiger charge is 2.17. The number of carbonyl (C=O) groups is 1. The first-order valence-electron chi connectivity index (χ1n) is 9.74. The number of hydrogen-bond donors (Lipinski definition) is 1. The number of hydrogen-bond acceptors (Lipinski definition) is 3. The molecule has 5 heteroatoms. The molecule has 3 aromatic rings. The minimum absolute atomic E-state index is 0.0491. The molecule has 1 aromatic heterocycles. The number of rotatable bonds is 7. The highest BCUT2D eigenvalue weighted by Crippen LogP contribution is 2.25. The number of carbonyl (C=O) groups excluding carboxylic acids is 1. The Morgan fingerprint density at radius 2 is 1.82 bits per heavy atom. The average molecular weight is 380 g/mol. The Kier molecular flexibility index (Phi) is 6.02. The molecule has 0 saturated heterocycles. The van der Waals surface area contributed by atoms with Crippen LogP contribution in [0.4, 0.5) is 0 Å². The van der Waals surface area contributed by atoms with Crippen molar-refractivity contribution in [2.75, 3.05) is 13.7 Å². The smallest absolute Gasteiger partial charge is 0.227 e. The van der Waals surface area contributed by atoms with Crippen LogP contribution in [0.25, 0.3) is 10.8 Å². The van der Waals surface area contributed by atoms with Crippen LogP contribution < -0.4 is 10.1 Å². The highest BCUT2D eigenvalue weighted by molar-refractivity contribution is 5.88. The SMILES string of the molecule is COc1ccc2cc([C@H](C)C(=O)NCC(C)Cn3nc(C)cc3C)ccc2c1. The van der Waals surface area contributed by atoms with Crippen molar-refractivity contribution in [3.05, 3.63) is 59.4 Å². The summed E-state index contributed by atoms with van der Waals surface area (Å²) in [6.45, 7) is 9.56. The van der Waals surface area contributed by atoms with Crippen molar-refractivity contribution in [2.45, 2.75) is 40.2 Å². The summed E-state index contributed by atoms with van der Waals surface area (Å²) in [6.07, 6.45) is 0. The van der Waals surface area contributed by atoms with Crippen LogP contribution in [0.3, 0.4) is 0 Å². The molecule has 5 nitrogen and oxygen atoms in total. The predicted molar refractivity (Wildman–Crippen MR) is 113 cm³/mol. The largest absolute Gasteiger partial charge is 0.497 e. The van der Waals surface area contributed by atoms with Gasteiger partial charge in [0.25, 0.3) is 0 Å². The number of ether oxygens (including phenoxy) is 1. The second-order valence-corrected chi connectivity index (χ2v) is 7.65. The van der Waals surface area contributed by atoms with E-state index in [9.17, 15) is 4.79 Å². The van der Waals surface area contributed by atoms with Gasteiger partial charge in [-0.3, -0.25) is 9.48 Å². The van der Waals surface area contributed by atoms with Crippen molar-refractivity contribution in [3.63, 3.8) is 0 Å². The minimum Gasteiger partial charge on any atom is -0.497 e. The summed E-state index contributed by atoms with van der Waals surface area (Å²) >= 11 is 0. The van der Waals surface area contributed by atoms with E-state index in [0.717, 1.165) is 40.0 Å². The molecule has 1 N–H and O–H groups in total. The number of amides is 1. The predicted octanol–water partition coefficient (Wildman–Crippen LogP) is 4.22. The fraction of sp³-hybridized carbons (Fsp3) is 0.391. The minimum atomic E-state index is -0.201. The second-order valence-electron chi connectivity index (χ2n) is 7.65. The molecular weight excluding hydrogens is 350 g/mol. The molecule has 0 radical (unpaired) electrons. The van der Waals surface area contributed by atoms with Crippen LogP contribution in [0.15, 0.2) is 42.5 Å². The van der Waals surface area contributed by atoms with Crippen molar-refractivity contribution < 1.29 is 9.53 Å². The van der Waals surface area contributed by atoms with Gasteiger partial charge in [0.1, 0.15) is 5.75 Å². The maximum Gasteiger partial charge on any atom is 0.227 e. The molecule has 2 atom stereocenters. The summed E-state index contributed by atoms with van der Waals surface area (Å²) in [7, 11) is 1.66. The fourth-order valence-corrected chi connectivity index (χ4v) is 3.44. The number of nitrogens with zero attached hydrogens (tertiary/aromatic N) is 2. The molecule has 0 fully saturated rings. The van der Waals surface area contributed by atoms with Crippen LogP contribution in [0.2, 0.25) is 0 Å². The first kappa shape index (κ1) is 19.9. The van der Waals surface area contributed by atoms with Gasteiger partial charge in [-0.05, 0) is 61.2 Å². The van der Waals surface area contributed by atoms with Gasteiger partial charge in [-0.1, -0.05) is 31.2 Å². The molecular formula is C23H29N3O2. The quantitative estimate of drug-likeness (QED) is 0.669. The molecule has 0 spiro atoms. The van der Waals surface area contributed by atoms with E-state index < -0.39 is 0 Å². The standard InChI is InChI=1S/C23H29N3O2/c1-15(14-26-17(3)10-16(2)25-26)13-24-23(27)18(4)19-6-7-21-12-22(28-5)9-8-20(21)11-19/h6-12,15,18H,13-14H2,1-5H3,(H,24,27)/t15?,18-/m0/s1. The third-order valence-corrected chi connectivity index (χ3v) is 5.18. The molecule has 3 rings (SSSR count). The Bertz CT molecular complexity index is 977. The zero-order valence-electron chi connectivity index (χ0n) is 17.3. The van der Waals surface area contributed by atoms with Crippen LogP contribution in [-0.4, -0.2) is 29.3 Å².